The minimum Gasteiger partial charge on any atom is -0.491 e. The second-order valence-electron chi connectivity index (χ2n) is 3.30. The van der Waals surface area contributed by atoms with Crippen molar-refractivity contribution in [2.75, 3.05) is 7.11 Å². The summed E-state index contributed by atoms with van der Waals surface area (Å²) < 4.78 is 42.9. The van der Waals surface area contributed by atoms with Crippen LogP contribution >= 0.6 is 11.6 Å². The maximum Gasteiger partial charge on any atom is 0.406 e. The van der Waals surface area contributed by atoms with Crippen molar-refractivity contribution >= 4 is 22.6 Å². The molecule has 0 aliphatic heterocycles. The van der Waals surface area contributed by atoms with E-state index in [0.717, 1.165) is 10.9 Å². The third-order valence-electron chi connectivity index (χ3n) is 2.12. The third kappa shape index (κ3) is 2.28. The van der Waals surface area contributed by atoms with Crippen LogP contribution in [0.2, 0.25) is 5.15 Å². The molecule has 92 valence electrons. The fraction of sp³-hybridized carbons (Fsp3) is 0.333. The van der Waals surface area contributed by atoms with E-state index in [-0.39, 0.29) is 16.4 Å². The summed E-state index contributed by atoms with van der Waals surface area (Å²) in [6, 6.07) is 0. The minimum absolute atomic E-state index is 0.00363. The highest BCUT2D eigenvalue weighted by Crippen LogP contribution is 2.32. The summed E-state index contributed by atoms with van der Waals surface area (Å²) in [6.07, 6.45) is -1.96. The van der Waals surface area contributed by atoms with Gasteiger partial charge in [-0.2, -0.15) is 13.2 Å². The molecule has 0 atom stereocenters. The van der Waals surface area contributed by atoms with Gasteiger partial charge in [0.25, 0.3) is 0 Å². The van der Waals surface area contributed by atoms with Gasteiger partial charge in [0.2, 0.25) is 0 Å². The highest BCUT2D eigenvalue weighted by molar-refractivity contribution is 6.31. The lowest BCUT2D eigenvalue weighted by Gasteiger charge is -2.10. The number of fused-ring (bicyclic) bond motifs is 1. The number of nitrogens with zero attached hydrogens (tertiary/aromatic N) is 3. The highest BCUT2D eigenvalue weighted by atomic mass is 35.5. The first-order valence-corrected chi connectivity index (χ1v) is 4.90. The van der Waals surface area contributed by atoms with E-state index < -0.39 is 12.7 Å². The third-order valence-corrected chi connectivity index (χ3v) is 2.39. The molecule has 2 aromatic heterocycles. The van der Waals surface area contributed by atoms with Gasteiger partial charge in [-0.15, -0.1) is 0 Å². The molecule has 2 rings (SSSR count). The SMILES string of the molecule is COc1c(Cl)ncc2ncn(CC(F)(F)F)c12. The molecule has 0 radical (unpaired) electrons. The average Bonchev–Trinajstić information content (AvgIpc) is 2.59. The lowest BCUT2D eigenvalue weighted by atomic mass is 10.3. The molecule has 2 heterocycles. The lowest BCUT2D eigenvalue weighted by molar-refractivity contribution is -0.140. The fourth-order valence-corrected chi connectivity index (χ4v) is 1.72. The Morgan fingerprint density at radius 2 is 2.12 bits per heavy atom. The molecule has 0 amide bonds. The number of alkyl halides is 3. The van der Waals surface area contributed by atoms with Gasteiger partial charge >= 0.3 is 6.18 Å². The molecule has 0 unspecified atom stereocenters. The van der Waals surface area contributed by atoms with Crippen LogP contribution in [-0.2, 0) is 6.54 Å². The van der Waals surface area contributed by atoms with Crippen molar-refractivity contribution in [1.29, 1.82) is 0 Å². The number of aromatic nitrogens is 3. The maximum absolute atomic E-state index is 12.3. The fourth-order valence-electron chi connectivity index (χ4n) is 1.51. The Hall–Kier alpha value is -1.50. The molecule has 2 aromatic rings. The summed E-state index contributed by atoms with van der Waals surface area (Å²) in [5.74, 6) is 0.0888. The van der Waals surface area contributed by atoms with E-state index in [1.807, 2.05) is 0 Å². The van der Waals surface area contributed by atoms with Crippen molar-refractivity contribution in [3.05, 3.63) is 17.7 Å². The number of methoxy groups -OCH3 is 1. The summed E-state index contributed by atoms with van der Waals surface area (Å²) in [5.41, 5.74) is 0.486. The van der Waals surface area contributed by atoms with Crippen molar-refractivity contribution in [2.24, 2.45) is 0 Å². The Morgan fingerprint density at radius 1 is 1.41 bits per heavy atom. The van der Waals surface area contributed by atoms with Gasteiger partial charge in [0, 0.05) is 0 Å². The van der Waals surface area contributed by atoms with Crippen molar-refractivity contribution in [3.63, 3.8) is 0 Å². The molecule has 8 heteroatoms. The molecule has 0 aliphatic carbocycles. The van der Waals surface area contributed by atoms with Gasteiger partial charge in [-0.05, 0) is 0 Å². The van der Waals surface area contributed by atoms with Crippen LogP contribution in [0, 0.1) is 0 Å². The van der Waals surface area contributed by atoms with Crippen LogP contribution < -0.4 is 4.74 Å². The molecular formula is C9H7ClF3N3O. The molecule has 4 nitrogen and oxygen atoms in total. The minimum atomic E-state index is -4.34. The van der Waals surface area contributed by atoms with Crippen molar-refractivity contribution in [1.82, 2.24) is 14.5 Å². The van der Waals surface area contributed by atoms with Gasteiger partial charge in [0.05, 0.1) is 19.6 Å². The topological polar surface area (TPSA) is 39.9 Å². The summed E-state index contributed by atoms with van der Waals surface area (Å²) in [7, 11) is 1.31. The van der Waals surface area contributed by atoms with Crippen LogP contribution in [0.1, 0.15) is 0 Å². The molecule has 0 fully saturated rings. The first kappa shape index (κ1) is 12.0. The lowest BCUT2D eigenvalue weighted by Crippen LogP contribution is -2.17. The van der Waals surface area contributed by atoms with E-state index in [1.165, 1.54) is 13.3 Å². The van der Waals surface area contributed by atoms with Crippen LogP contribution in [0.3, 0.4) is 0 Å². The van der Waals surface area contributed by atoms with Gasteiger partial charge in [-0.25, -0.2) is 9.97 Å². The van der Waals surface area contributed by atoms with E-state index >= 15 is 0 Å². The predicted octanol–water partition coefficient (Wildman–Crippen LogP) is 2.66. The Bertz CT molecular complexity index is 552. The number of ether oxygens (including phenoxy) is 1. The van der Waals surface area contributed by atoms with Gasteiger partial charge in [-0.3, -0.25) is 0 Å². The smallest absolute Gasteiger partial charge is 0.406 e. The van der Waals surface area contributed by atoms with Crippen molar-refractivity contribution in [3.8, 4) is 5.75 Å². The number of rotatable bonds is 2. The summed E-state index contributed by atoms with van der Waals surface area (Å²) >= 11 is 5.75. The van der Waals surface area contributed by atoms with Gasteiger partial charge in [0.1, 0.15) is 17.6 Å². The summed E-state index contributed by atoms with van der Waals surface area (Å²) in [5, 5.41) is 0.00363. The monoisotopic (exact) mass is 265 g/mol. The van der Waals surface area contributed by atoms with Crippen molar-refractivity contribution < 1.29 is 17.9 Å². The number of pyridine rings is 1. The molecule has 0 saturated carbocycles. The summed E-state index contributed by atoms with van der Waals surface area (Å²) in [4.78, 5) is 7.59. The highest BCUT2D eigenvalue weighted by Gasteiger charge is 2.29. The molecular weight excluding hydrogens is 259 g/mol. The first-order chi connectivity index (χ1) is 7.92. The van der Waals surface area contributed by atoms with E-state index in [0.29, 0.717) is 5.52 Å². The number of imidazole rings is 1. The Kier molecular flexibility index (Phi) is 2.86. The average molecular weight is 266 g/mol. The maximum atomic E-state index is 12.3. The molecule has 0 bridgehead atoms. The molecule has 0 spiro atoms. The number of hydrogen-bond donors (Lipinski definition) is 0. The quantitative estimate of drug-likeness (QED) is 0.784. The second kappa shape index (κ2) is 4.06. The van der Waals surface area contributed by atoms with E-state index in [2.05, 4.69) is 9.97 Å². The first-order valence-electron chi connectivity index (χ1n) is 4.52. The van der Waals surface area contributed by atoms with Crippen LogP contribution in [0.15, 0.2) is 12.5 Å². The predicted molar refractivity (Wildman–Crippen MR) is 55.1 cm³/mol. The number of hydrogen-bond acceptors (Lipinski definition) is 3. The van der Waals surface area contributed by atoms with Crippen LogP contribution in [0.5, 0.6) is 5.75 Å². The van der Waals surface area contributed by atoms with Gasteiger partial charge < -0.3 is 9.30 Å². The van der Waals surface area contributed by atoms with E-state index in [4.69, 9.17) is 16.3 Å². The van der Waals surface area contributed by atoms with Crippen LogP contribution in [0.25, 0.3) is 11.0 Å². The zero-order chi connectivity index (χ0) is 12.6. The number of halogens is 4. The van der Waals surface area contributed by atoms with Crippen molar-refractivity contribution in [2.45, 2.75) is 12.7 Å². The van der Waals surface area contributed by atoms with E-state index in [1.54, 1.807) is 0 Å². The van der Waals surface area contributed by atoms with Gasteiger partial charge in [-0.1, -0.05) is 11.6 Å². The van der Waals surface area contributed by atoms with Crippen LogP contribution in [-0.4, -0.2) is 27.8 Å². The Morgan fingerprint density at radius 3 is 2.71 bits per heavy atom. The zero-order valence-electron chi connectivity index (χ0n) is 8.62. The summed E-state index contributed by atoms with van der Waals surface area (Å²) in [6.45, 7) is -1.15. The van der Waals surface area contributed by atoms with Gasteiger partial charge in [0.15, 0.2) is 10.9 Å². The Balaban J connectivity index is 2.61. The molecule has 0 aliphatic rings. The molecule has 17 heavy (non-hydrogen) atoms. The van der Waals surface area contributed by atoms with E-state index in [9.17, 15) is 13.2 Å². The zero-order valence-corrected chi connectivity index (χ0v) is 9.38. The largest absolute Gasteiger partial charge is 0.491 e. The molecule has 0 N–H and O–H groups in total. The van der Waals surface area contributed by atoms with Crippen LogP contribution in [0.4, 0.5) is 13.2 Å². The Labute approximate surface area is 99.0 Å². The molecule has 0 saturated heterocycles. The standard InChI is InChI=1S/C9H7ClF3N3O/c1-17-7-6-5(2-14-8(7)10)15-4-16(6)3-9(11,12)13/h2,4H,3H2,1H3. The normalized spacial score (nSPS) is 12.1. The molecule has 0 aromatic carbocycles. The second-order valence-corrected chi connectivity index (χ2v) is 3.66.